The zero-order chi connectivity index (χ0) is 13.7. The van der Waals surface area contributed by atoms with Gasteiger partial charge in [-0.25, -0.2) is 0 Å². The summed E-state index contributed by atoms with van der Waals surface area (Å²) in [6, 6.07) is 10.4. The van der Waals surface area contributed by atoms with Gasteiger partial charge in [-0.1, -0.05) is 30.3 Å². The summed E-state index contributed by atoms with van der Waals surface area (Å²) in [6.45, 7) is 4.45. The Labute approximate surface area is 113 Å². The zero-order valence-corrected chi connectivity index (χ0v) is 10.9. The lowest BCUT2D eigenvalue weighted by molar-refractivity contribution is 0.174. The molecule has 2 rings (SSSR count). The molecular weight excluding hydrogens is 240 g/mol. The maximum absolute atomic E-state index is 7.10. The second-order valence-corrected chi connectivity index (χ2v) is 4.60. The Morgan fingerprint density at radius 2 is 1.74 bits per heavy atom. The van der Waals surface area contributed by atoms with E-state index >= 15 is 0 Å². The first-order valence-electron chi connectivity index (χ1n) is 6.34. The lowest BCUT2D eigenvalue weighted by atomic mass is 10.2. The van der Waals surface area contributed by atoms with Crippen LogP contribution < -0.4 is 11.5 Å². The normalized spacial score (nSPS) is 17.5. The van der Waals surface area contributed by atoms with Crippen molar-refractivity contribution in [1.29, 1.82) is 5.41 Å². The number of aliphatic imine (C=N–C) groups is 1. The molecule has 5 N–H and O–H groups in total. The molecule has 1 aliphatic heterocycles. The first kappa shape index (κ1) is 13.4. The molecule has 0 aromatic heterocycles. The van der Waals surface area contributed by atoms with Crippen LogP contribution in [0.3, 0.4) is 0 Å². The lowest BCUT2D eigenvalue weighted by Crippen LogP contribution is -2.51. The summed E-state index contributed by atoms with van der Waals surface area (Å²) >= 11 is 0. The van der Waals surface area contributed by atoms with Gasteiger partial charge in [0.25, 0.3) is 0 Å². The van der Waals surface area contributed by atoms with Crippen molar-refractivity contribution < 1.29 is 0 Å². The van der Waals surface area contributed by atoms with Gasteiger partial charge >= 0.3 is 0 Å². The summed E-state index contributed by atoms with van der Waals surface area (Å²) in [6.07, 6.45) is 0. The van der Waals surface area contributed by atoms with Crippen LogP contribution in [0.1, 0.15) is 5.56 Å². The molecule has 0 aliphatic carbocycles. The van der Waals surface area contributed by atoms with Crippen LogP contribution in [0.15, 0.2) is 35.3 Å². The van der Waals surface area contributed by atoms with E-state index in [0.29, 0.717) is 5.96 Å². The van der Waals surface area contributed by atoms with Gasteiger partial charge in [-0.05, 0) is 5.56 Å². The van der Waals surface area contributed by atoms with Crippen LogP contribution in [0.2, 0.25) is 0 Å². The Balaban J connectivity index is 1.84. The van der Waals surface area contributed by atoms with Crippen LogP contribution in [0.4, 0.5) is 0 Å². The summed E-state index contributed by atoms with van der Waals surface area (Å²) in [5.41, 5.74) is 12.3. The van der Waals surface area contributed by atoms with Crippen molar-refractivity contribution in [2.45, 2.75) is 6.54 Å². The summed E-state index contributed by atoms with van der Waals surface area (Å²) in [4.78, 5) is 8.12. The third-order valence-electron chi connectivity index (χ3n) is 3.18. The fourth-order valence-corrected chi connectivity index (χ4v) is 2.17. The van der Waals surface area contributed by atoms with Crippen LogP contribution in [-0.2, 0) is 6.54 Å². The lowest BCUT2D eigenvalue weighted by Gasteiger charge is -2.35. The predicted molar refractivity (Wildman–Crippen MR) is 76.8 cm³/mol. The number of nitrogens with one attached hydrogen (secondary N) is 1. The maximum Gasteiger partial charge on any atom is 0.215 e. The minimum Gasteiger partial charge on any atom is -0.369 e. The van der Waals surface area contributed by atoms with Gasteiger partial charge in [-0.2, -0.15) is 4.99 Å². The van der Waals surface area contributed by atoms with Crippen LogP contribution in [0, 0.1) is 5.41 Å². The Morgan fingerprint density at radius 3 is 2.32 bits per heavy atom. The molecule has 1 saturated heterocycles. The highest BCUT2D eigenvalue weighted by atomic mass is 15.3. The van der Waals surface area contributed by atoms with E-state index < -0.39 is 0 Å². The SMILES string of the molecule is N=C(N)N=C(N)N1CCN(Cc2ccccc2)CC1. The summed E-state index contributed by atoms with van der Waals surface area (Å²) in [7, 11) is 0. The molecular formula is C13H20N6. The van der Waals surface area contributed by atoms with Crippen molar-refractivity contribution in [2.75, 3.05) is 26.2 Å². The molecule has 0 spiro atoms. The fourth-order valence-electron chi connectivity index (χ4n) is 2.17. The van der Waals surface area contributed by atoms with Crippen molar-refractivity contribution in [3.8, 4) is 0 Å². The van der Waals surface area contributed by atoms with Crippen molar-refractivity contribution >= 4 is 11.9 Å². The minimum atomic E-state index is -0.246. The van der Waals surface area contributed by atoms with Gasteiger partial charge in [0, 0.05) is 32.7 Å². The van der Waals surface area contributed by atoms with Gasteiger partial charge in [0.2, 0.25) is 5.96 Å². The third-order valence-corrected chi connectivity index (χ3v) is 3.18. The molecule has 0 radical (unpaired) electrons. The number of piperazine rings is 1. The van der Waals surface area contributed by atoms with Crippen molar-refractivity contribution in [3.63, 3.8) is 0 Å². The number of hydrogen-bond donors (Lipinski definition) is 3. The van der Waals surface area contributed by atoms with Gasteiger partial charge in [-0.3, -0.25) is 10.3 Å². The second-order valence-electron chi connectivity index (χ2n) is 4.60. The van der Waals surface area contributed by atoms with Crippen LogP contribution in [0.5, 0.6) is 0 Å². The maximum atomic E-state index is 7.10. The zero-order valence-electron chi connectivity index (χ0n) is 10.9. The Morgan fingerprint density at radius 1 is 1.11 bits per heavy atom. The topological polar surface area (TPSA) is 94.7 Å². The van der Waals surface area contributed by atoms with E-state index in [2.05, 4.69) is 34.2 Å². The minimum absolute atomic E-state index is 0.246. The van der Waals surface area contributed by atoms with Crippen molar-refractivity contribution in [3.05, 3.63) is 35.9 Å². The smallest absolute Gasteiger partial charge is 0.215 e. The highest BCUT2D eigenvalue weighted by Crippen LogP contribution is 2.08. The van der Waals surface area contributed by atoms with E-state index in [1.54, 1.807) is 0 Å². The first-order valence-corrected chi connectivity index (χ1v) is 6.34. The quantitative estimate of drug-likeness (QED) is 0.516. The van der Waals surface area contributed by atoms with Gasteiger partial charge in [0.05, 0.1) is 0 Å². The largest absolute Gasteiger partial charge is 0.369 e. The molecule has 0 unspecified atom stereocenters. The van der Waals surface area contributed by atoms with E-state index in [1.165, 1.54) is 5.56 Å². The fraction of sp³-hybridized carbons (Fsp3) is 0.385. The highest BCUT2D eigenvalue weighted by Gasteiger charge is 2.18. The van der Waals surface area contributed by atoms with Crippen LogP contribution in [-0.4, -0.2) is 47.9 Å². The molecule has 19 heavy (non-hydrogen) atoms. The Bertz CT molecular complexity index is 447. The van der Waals surface area contributed by atoms with Crippen LogP contribution in [0.25, 0.3) is 0 Å². The van der Waals surface area contributed by atoms with Crippen LogP contribution >= 0.6 is 0 Å². The molecule has 1 aliphatic rings. The molecule has 0 amide bonds. The highest BCUT2D eigenvalue weighted by molar-refractivity contribution is 5.91. The molecule has 6 heteroatoms. The molecule has 0 atom stereocenters. The van der Waals surface area contributed by atoms with Crippen molar-refractivity contribution in [1.82, 2.24) is 9.80 Å². The predicted octanol–water partition coefficient (Wildman–Crippen LogP) is 0.0124. The summed E-state index contributed by atoms with van der Waals surface area (Å²) in [5, 5.41) is 7.10. The monoisotopic (exact) mass is 260 g/mol. The average molecular weight is 260 g/mol. The molecule has 0 saturated carbocycles. The summed E-state index contributed by atoms with van der Waals surface area (Å²) < 4.78 is 0. The standard InChI is InChI=1S/C13H20N6/c14-12(15)17-13(16)19-8-6-18(7-9-19)10-11-4-2-1-3-5-11/h1-5H,6-10H2,(H5,14,15,16,17). The number of benzene rings is 1. The number of hydrogen-bond acceptors (Lipinski definition) is 2. The summed E-state index contributed by atoms with van der Waals surface area (Å²) in [5.74, 6) is 0.0936. The molecule has 0 bridgehead atoms. The van der Waals surface area contributed by atoms with Gasteiger partial charge in [0.1, 0.15) is 0 Å². The number of nitrogens with two attached hydrogens (primary N) is 2. The third kappa shape index (κ3) is 3.96. The molecule has 1 aromatic carbocycles. The Kier molecular flexibility index (Phi) is 4.35. The molecule has 1 aromatic rings. The Hall–Kier alpha value is -2.08. The van der Waals surface area contributed by atoms with E-state index in [0.717, 1.165) is 32.7 Å². The second kappa shape index (κ2) is 6.19. The molecule has 6 nitrogen and oxygen atoms in total. The van der Waals surface area contributed by atoms with Gasteiger partial charge in [0.15, 0.2) is 5.96 Å². The molecule has 1 fully saturated rings. The first-order chi connectivity index (χ1) is 9.15. The van der Waals surface area contributed by atoms with E-state index in [-0.39, 0.29) is 5.96 Å². The molecule has 102 valence electrons. The average Bonchev–Trinajstić information content (AvgIpc) is 2.40. The number of rotatable bonds is 2. The molecule has 1 heterocycles. The van der Waals surface area contributed by atoms with Gasteiger partial charge < -0.3 is 16.4 Å². The van der Waals surface area contributed by atoms with E-state index in [4.69, 9.17) is 16.9 Å². The van der Waals surface area contributed by atoms with Gasteiger partial charge in [-0.15, -0.1) is 0 Å². The van der Waals surface area contributed by atoms with Crippen molar-refractivity contribution in [2.24, 2.45) is 16.5 Å². The van der Waals surface area contributed by atoms with E-state index in [9.17, 15) is 0 Å². The number of guanidine groups is 2. The van der Waals surface area contributed by atoms with E-state index in [1.807, 2.05) is 11.0 Å². The number of nitrogens with zero attached hydrogens (tertiary/aromatic N) is 3.